The van der Waals surface area contributed by atoms with Crippen LogP contribution in [-0.4, -0.2) is 15.0 Å². The van der Waals surface area contributed by atoms with Gasteiger partial charge in [0.1, 0.15) is 0 Å². The van der Waals surface area contributed by atoms with Crippen molar-refractivity contribution in [3.8, 4) is 0 Å². The summed E-state index contributed by atoms with van der Waals surface area (Å²) in [5.74, 6) is 0.470. The summed E-state index contributed by atoms with van der Waals surface area (Å²) in [5, 5.41) is 2.96. The highest BCUT2D eigenvalue weighted by atomic mass is 32.1. The molecule has 0 atom stereocenters. The third kappa shape index (κ3) is 2.51. The van der Waals surface area contributed by atoms with Crippen molar-refractivity contribution in [2.45, 2.75) is 4.90 Å². The van der Waals surface area contributed by atoms with Gasteiger partial charge in [0.15, 0.2) is 0 Å². The molecule has 0 fully saturated rings. The molecule has 0 bridgehead atoms. The molecule has 0 unspecified atom stereocenters. The molecule has 0 amide bonds. The Kier molecular flexibility index (Phi) is 2.78. The van der Waals surface area contributed by atoms with E-state index in [0.29, 0.717) is 5.95 Å². The molecule has 0 aliphatic rings. The molecule has 0 radical (unpaired) electrons. The highest BCUT2D eigenvalue weighted by molar-refractivity contribution is 7.80. The summed E-state index contributed by atoms with van der Waals surface area (Å²) in [6.45, 7) is 0. The Morgan fingerprint density at radius 1 is 1.06 bits per heavy atom. The van der Waals surface area contributed by atoms with E-state index in [2.05, 4.69) is 32.9 Å². The van der Waals surface area contributed by atoms with Crippen LogP contribution in [-0.2, 0) is 0 Å². The Morgan fingerprint density at radius 3 is 2.38 bits per heavy atom. The van der Waals surface area contributed by atoms with Crippen molar-refractivity contribution >= 4 is 36.2 Å². The van der Waals surface area contributed by atoms with Crippen molar-refractivity contribution in [2.24, 2.45) is 0 Å². The van der Waals surface area contributed by atoms with Crippen LogP contribution in [0.3, 0.4) is 0 Å². The molecule has 0 aliphatic carbocycles. The second-order valence-corrected chi connectivity index (χ2v) is 3.57. The zero-order chi connectivity index (χ0) is 11.5. The lowest BCUT2D eigenvalue weighted by atomic mass is 10.3. The van der Waals surface area contributed by atoms with E-state index in [1.54, 1.807) is 0 Å². The number of nitrogens with one attached hydrogen (secondary N) is 1. The molecule has 1 heterocycles. The highest BCUT2D eigenvalue weighted by Gasteiger charge is 2.01. The summed E-state index contributed by atoms with van der Waals surface area (Å²) in [6.07, 6.45) is 0. The molecular formula is C9H10N6S. The molecule has 7 heteroatoms. The number of nitrogen functional groups attached to an aromatic ring is 2. The predicted molar refractivity (Wildman–Crippen MR) is 65.6 cm³/mol. The number of aromatic nitrogens is 3. The van der Waals surface area contributed by atoms with E-state index in [9.17, 15) is 0 Å². The number of hydrogen-bond donors (Lipinski definition) is 4. The maximum atomic E-state index is 5.45. The van der Waals surface area contributed by atoms with Gasteiger partial charge in [0, 0.05) is 10.6 Å². The fourth-order valence-electron chi connectivity index (χ4n) is 1.18. The summed E-state index contributed by atoms with van der Waals surface area (Å²) < 4.78 is 0. The normalized spacial score (nSPS) is 10.1. The fraction of sp³-hybridized carbons (Fsp3) is 0. The van der Waals surface area contributed by atoms with E-state index < -0.39 is 0 Å². The second kappa shape index (κ2) is 4.23. The van der Waals surface area contributed by atoms with Crippen molar-refractivity contribution in [2.75, 3.05) is 16.8 Å². The lowest BCUT2D eigenvalue weighted by Gasteiger charge is -2.05. The summed E-state index contributed by atoms with van der Waals surface area (Å²) in [7, 11) is 0. The van der Waals surface area contributed by atoms with E-state index in [1.807, 2.05) is 24.3 Å². The van der Waals surface area contributed by atoms with Gasteiger partial charge in [-0.2, -0.15) is 15.0 Å². The van der Waals surface area contributed by atoms with Crippen molar-refractivity contribution in [3.05, 3.63) is 24.3 Å². The molecule has 1 aromatic heterocycles. The van der Waals surface area contributed by atoms with Crippen molar-refractivity contribution in [1.82, 2.24) is 15.0 Å². The molecule has 2 rings (SSSR count). The van der Waals surface area contributed by atoms with Gasteiger partial charge < -0.3 is 16.8 Å². The maximum absolute atomic E-state index is 5.45. The average molecular weight is 234 g/mol. The zero-order valence-electron chi connectivity index (χ0n) is 8.25. The Balaban J connectivity index is 2.27. The number of anilines is 4. The molecule has 2 aromatic rings. The standard InChI is InChI=1S/C9H10N6S/c10-7-13-8(11)15-9(14-7)12-5-2-1-3-6(16)4-5/h1-4,16H,(H5,10,11,12,13,14,15). The van der Waals surface area contributed by atoms with Gasteiger partial charge in [0.05, 0.1) is 0 Å². The number of nitrogens with zero attached hydrogens (tertiary/aromatic N) is 3. The molecule has 1 aromatic carbocycles. The van der Waals surface area contributed by atoms with Gasteiger partial charge in [-0.05, 0) is 18.2 Å². The fourth-order valence-corrected chi connectivity index (χ4v) is 1.40. The van der Waals surface area contributed by atoms with Crippen LogP contribution in [0.25, 0.3) is 0 Å². The number of benzene rings is 1. The number of thiol groups is 1. The minimum atomic E-state index is 0.0806. The van der Waals surface area contributed by atoms with Gasteiger partial charge in [-0.3, -0.25) is 0 Å². The van der Waals surface area contributed by atoms with Crippen LogP contribution in [0.5, 0.6) is 0 Å². The molecule has 5 N–H and O–H groups in total. The number of rotatable bonds is 2. The SMILES string of the molecule is Nc1nc(N)nc(Nc2cccc(S)c2)n1. The minimum Gasteiger partial charge on any atom is -0.368 e. The first kappa shape index (κ1) is 10.5. The average Bonchev–Trinajstić information content (AvgIpc) is 2.15. The number of nitrogens with two attached hydrogens (primary N) is 2. The summed E-state index contributed by atoms with van der Waals surface area (Å²) in [4.78, 5) is 12.3. The van der Waals surface area contributed by atoms with Crippen LogP contribution in [0.4, 0.5) is 23.5 Å². The van der Waals surface area contributed by atoms with Crippen molar-refractivity contribution in [3.63, 3.8) is 0 Å². The molecule has 6 nitrogen and oxygen atoms in total. The predicted octanol–water partition coefficient (Wildman–Crippen LogP) is 1.07. The maximum Gasteiger partial charge on any atom is 0.233 e. The van der Waals surface area contributed by atoms with Crippen LogP contribution < -0.4 is 16.8 Å². The molecule has 0 saturated carbocycles. The zero-order valence-corrected chi connectivity index (χ0v) is 9.15. The Morgan fingerprint density at radius 2 is 1.75 bits per heavy atom. The van der Waals surface area contributed by atoms with E-state index in [0.717, 1.165) is 10.6 Å². The van der Waals surface area contributed by atoms with E-state index in [1.165, 1.54) is 0 Å². The van der Waals surface area contributed by atoms with E-state index in [-0.39, 0.29) is 11.9 Å². The monoisotopic (exact) mass is 234 g/mol. The van der Waals surface area contributed by atoms with Gasteiger partial charge in [-0.1, -0.05) is 6.07 Å². The quantitative estimate of drug-likeness (QED) is 0.580. The van der Waals surface area contributed by atoms with Gasteiger partial charge >= 0.3 is 0 Å². The molecular weight excluding hydrogens is 224 g/mol. The molecule has 16 heavy (non-hydrogen) atoms. The van der Waals surface area contributed by atoms with Gasteiger partial charge in [0.2, 0.25) is 17.8 Å². The Bertz CT molecular complexity index is 495. The van der Waals surface area contributed by atoms with E-state index in [4.69, 9.17) is 11.5 Å². The van der Waals surface area contributed by atoms with Crippen molar-refractivity contribution in [1.29, 1.82) is 0 Å². The van der Waals surface area contributed by atoms with Crippen molar-refractivity contribution < 1.29 is 0 Å². The first-order valence-corrected chi connectivity index (χ1v) is 4.91. The summed E-state index contributed by atoms with van der Waals surface area (Å²) >= 11 is 4.22. The first-order chi connectivity index (χ1) is 7.63. The smallest absolute Gasteiger partial charge is 0.233 e. The second-order valence-electron chi connectivity index (χ2n) is 3.05. The third-order valence-corrected chi connectivity index (χ3v) is 2.05. The highest BCUT2D eigenvalue weighted by Crippen LogP contribution is 2.17. The Labute approximate surface area is 97.5 Å². The molecule has 0 spiro atoms. The molecule has 0 saturated heterocycles. The third-order valence-electron chi connectivity index (χ3n) is 1.77. The molecule has 0 aliphatic heterocycles. The molecule has 82 valence electrons. The van der Waals surface area contributed by atoms with Gasteiger partial charge in [0.25, 0.3) is 0 Å². The summed E-state index contributed by atoms with van der Waals surface area (Å²) in [5.41, 5.74) is 11.7. The number of hydrogen-bond acceptors (Lipinski definition) is 7. The lowest BCUT2D eigenvalue weighted by Crippen LogP contribution is -2.06. The van der Waals surface area contributed by atoms with Crippen LogP contribution >= 0.6 is 12.6 Å². The van der Waals surface area contributed by atoms with Crippen LogP contribution in [0.1, 0.15) is 0 Å². The van der Waals surface area contributed by atoms with Gasteiger partial charge in [-0.15, -0.1) is 12.6 Å². The first-order valence-electron chi connectivity index (χ1n) is 4.46. The largest absolute Gasteiger partial charge is 0.368 e. The Hall–Kier alpha value is -2.02. The van der Waals surface area contributed by atoms with Crippen LogP contribution in [0.2, 0.25) is 0 Å². The van der Waals surface area contributed by atoms with Crippen LogP contribution in [0.15, 0.2) is 29.2 Å². The lowest BCUT2D eigenvalue weighted by molar-refractivity contribution is 1.08. The van der Waals surface area contributed by atoms with Gasteiger partial charge in [-0.25, -0.2) is 0 Å². The topological polar surface area (TPSA) is 103 Å². The van der Waals surface area contributed by atoms with E-state index >= 15 is 0 Å². The van der Waals surface area contributed by atoms with Crippen LogP contribution in [0, 0.1) is 0 Å². The summed E-state index contributed by atoms with van der Waals surface area (Å²) in [6, 6.07) is 7.41. The minimum absolute atomic E-state index is 0.0806.